The van der Waals surface area contributed by atoms with E-state index in [4.69, 9.17) is 4.11 Å². The van der Waals surface area contributed by atoms with Crippen molar-refractivity contribution in [2.75, 3.05) is 14.7 Å². The molecule has 0 bridgehead atoms. The molecule has 0 radical (unpaired) electrons. The van der Waals surface area contributed by atoms with Gasteiger partial charge in [-0.3, -0.25) is 0 Å². The first kappa shape index (κ1) is 70.9. The monoisotopic (exact) mass is 1520 g/mol. The van der Waals surface area contributed by atoms with Crippen molar-refractivity contribution in [3.05, 3.63) is 342 Å². The number of hydrogen-bond donors (Lipinski definition) is 0. The van der Waals surface area contributed by atoms with Gasteiger partial charge in [-0.2, -0.15) is 10.5 Å². The van der Waals surface area contributed by atoms with Gasteiger partial charge in [-0.05, 0) is 249 Å². The smallest absolute Gasteiger partial charge is 0.252 e. The van der Waals surface area contributed by atoms with Crippen molar-refractivity contribution in [1.82, 2.24) is 4.57 Å². The summed E-state index contributed by atoms with van der Waals surface area (Å²) in [5, 5.41) is 25.2. The lowest BCUT2D eigenvalue weighted by molar-refractivity contribution is 0.569. The van der Waals surface area contributed by atoms with Crippen molar-refractivity contribution >= 4 is 96.1 Å². The van der Waals surface area contributed by atoms with Crippen molar-refractivity contribution in [2.24, 2.45) is 0 Å². The van der Waals surface area contributed by atoms with Gasteiger partial charge in [-0.25, -0.2) is 0 Å². The summed E-state index contributed by atoms with van der Waals surface area (Å²) in [5.74, 6) is 0. The molecule has 2 aliphatic rings. The van der Waals surface area contributed by atoms with E-state index in [1.54, 1.807) is 11.0 Å². The Bertz CT molecular complexity index is 6730. The molecule has 2 aliphatic heterocycles. The first-order chi connectivity index (χ1) is 57.8. The lowest BCUT2D eigenvalue weighted by atomic mass is 9.33. The molecule has 6 nitrogen and oxygen atoms in total. The van der Waals surface area contributed by atoms with Crippen molar-refractivity contribution < 1.29 is 6.85 Å². The third kappa shape index (κ3) is 14.0. The second-order valence-electron chi connectivity index (χ2n) is 38.2. The summed E-state index contributed by atoms with van der Waals surface area (Å²) >= 11 is 0. The molecule has 0 N–H and O–H groups in total. The Balaban J connectivity index is 1.02. The van der Waals surface area contributed by atoms with Gasteiger partial charge in [0.2, 0.25) is 0 Å². The molecular weight excluding hydrogens is 1420 g/mol. The van der Waals surface area contributed by atoms with E-state index < -0.39 is 24.8 Å². The normalized spacial score (nSPS) is 13.6. The number of nitriles is 2. The SMILES string of the molecule is [2H]c1c([2H])c([2H])c(N(c2ccccc2)c2ccc(C#N)cc2-c2ccc3c(c2)N(c2ccc(C(C)(C)C)cc2-c2ccccc2)c2cc(-c4cc(C(C)(C)C)cc(C(C)(C)C)c4)cc4c2B3c2ccc(-c3cc(-n5c6ccc(C(C)(C)C)cc6c6cc(C(C)(C)C)ccc65)ccc3C#N)cc2N4c2ccc(C(C)(C)C)cc2-c2ccccc2)c([2H])c1[2H]. The highest BCUT2D eigenvalue weighted by Gasteiger charge is 2.46. The molecule has 0 saturated heterocycles. The summed E-state index contributed by atoms with van der Waals surface area (Å²) in [6.07, 6.45) is 0. The Morgan fingerprint density at radius 2 is 0.752 bits per heavy atom. The van der Waals surface area contributed by atoms with E-state index >= 15 is 0 Å². The minimum Gasteiger partial charge on any atom is -0.311 e. The molecule has 0 spiro atoms. The average Bonchev–Trinajstić information content (AvgIpc) is 0.700. The molecule has 14 aromatic carbocycles. The lowest BCUT2D eigenvalue weighted by Gasteiger charge is -2.45. The van der Waals surface area contributed by atoms with Crippen LogP contribution < -0.4 is 31.1 Å². The number of rotatable bonds is 11. The molecule has 0 atom stereocenters. The van der Waals surface area contributed by atoms with Crippen molar-refractivity contribution in [3.8, 4) is 73.5 Å². The van der Waals surface area contributed by atoms with Crippen LogP contribution in [0, 0.1) is 22.7 Å². The fraction of sp³-hybridized carbons (Fsp3) is 0.218. The predicted molar refractivity (Wildman–Crippen MR) is 498 cm³/mol. The summed E-state index contributed by atoms with van der Waals surface area (Å²) in [6.45, 7) is 40.6. The molecule has 0 saturated carbocycles. The molecule has 0 aliphatic carbocycles. The maximum absolute atomic E-state index is 11.7. The van der Waals surface area contributed by atoms with E-state index in [1.165, 1.54) is 38.6 Å². The second-order valence-corrected chi connectivity index (χ2v) is 38.2. The third-order valence-electron chi connectivity index (χ3n) is 24.0. The van der Waals surface area contributed by atoms with Crippen LogP contribution in [-0.4, -0.2) is 11.3 Å². The van der Waals surface area contributed by atoms with Crippen LogP contribution in [0.2, 0.25) is 0 Å². The first-order valence-corrected chi connectivity index (χ1v) is 41.0. The summed E-state index contributed by atoms with van der Waals surface area (Å²) in [5.41, 5.74) is 29.0. The van der Waals surface area contributed by atoms with Crippen LogP contribution in [0.15, 0.2) is 297 Å². The van der Waals surface area contributed by atoms with Gasteiger partial charge in [-0.1, -0.05) is 288 Å². The topological polar surface area (TPSA) is 62.2 Å². The fourth-order valence-corrected chi connectivity index (χ4v) is 17.4. The Kier molecular flexibility index (Phi) is 17.4. The fourth-order valence-electron chi connectivity index (χ4n) is 17.4. The van der Waals surface area contributed by atoms with Crippen LogP contribution in [0.3, 0.4) is 0 Å². The zero-order chi connectivity index (χ0) is 86.5. The molecular formula is C110H103BN6. The minimum absolute atomic E-state index is 0.0331. The van der Waals surface area contributed by atoms with E-state index in [1.807, 2.05) is 48.5 Å². The zero-order valence-electron chi connectivity index (χ0n) is 75.7. The largest absolute Gasteiger partial charge is 0.311 e. The Morgan fingerprint density at radius 3 is 1.21 bits per heavy atom. The van der Waals surface area contributed by atoms with E-state index in [0.717, 1.165) is 117 Å². The molecule has 17 rings (SSSR count). The number of anilines is 9. The summed E-state index contributed by atoms with van der Waals surface area (Å²) < 4.78 is 48.8. The van der Waals surface area contributed by atoms with Gasteiger partial charge in [0.25, 0.3) is 6.71 Å². The maximum atomic E-state index is 11.7. The molecule has 7 heteroatoms. The number of fused-ring (bicyclic) bond motifs is 7. The van der Waals surface area contributed by atoms with Gasteiger partial charge in [0.05, 0.1) is 58.2 Å². The Morgan fingerprint density at radius 1 is 0.316 bits per heavy atom. The number of nitrogens with zero attached hydrogens (tertiary/aromatic N) is 6. The van der Waals surface area contributed by atoms with E-state index in [-0.39, 0.29) is 50.3 Å². The summed E-state index contributed by atoms with van der Waals surface area (Å²) in [4.78, 5) is 6.79. The maximum Gasteiger partial charge on any atom is 0.252 e. The van der Waals surface area contributed by atoms with Gasteiger partial charge < -0.3 is 19.3 Å². The van der Waals surface area contributed by atoms with E-state index in [9.17, 15) is 13.3 Å². The molecule has 3 heterocycles. The van der Waals surface area contributed by atoms with Crippen LogP contribution >= 0.6 is 0 Å². The highest BCUT2D eigenvalue weighted by Crippen LogP contribution is 2.54. The third-order valence-corrected chi connectivity index (χ3v) is 24.0. The number of benzene rings is 14. The van der Waals surface area contributed by atoms with Gasteiger partial charge in [-0.15, -0.1) is 0 Å². The molecule has 0 fully saturated rings. The first-order valence-electron chi connectivity index (χ1n) is 43.5. The average molecular weight is 1520 g/mol. The van der Waals surface area contributed by atoms with Gasteiger partial charge >= 0.3 is 0 Å². The highest BCUT2D eigenvalue weighted by molar-refractivity contribution is 7.00. The molecule has 117 heavy (non-hydrogen) atoms. The summed E-state index contributed by atoms with van der Waals surface area (Å²) in [6, 6.07) is 99.2. The number of para-hydroxylation sites is 2. The van der Waals surface area contributed by atoms with Gasteiger partial charge in [0.1, 0.15) is 0 Å². The zero-order valence-corrected chi connectivity index (χ0v) is 70.7. The molecule has 576 valence electrons. The van der Waals surface area contributed by atoms with Crippen LogP contribution in [0.25, 0.3) is 83.1 Å². The molecule has 1 aromatic heterocycles. The summed E-state index contributed by atoms with van der Waals surface area (Å²) in [7, 11) is 0. The van der Waals surface area contributed by atoms with E-state index in [0.29, 0.717) is 33.6 Å². The number of hydrogen-bond acceptors (Lipinski definition) is 5. The molecule has 15 aromatic rings. The van der Waals surface area contributed by atoms with Crippen LogP contribution in [0.5, 0.6) is 0 Å². The highest BCUT2D eigenvalue weighted by atomic mass is 15.2. The van der Waals surface area contributed by atoms with Gasteiger partial charge in [0.15, 0.2) is 0 Å². The number of aromatic nitrogens is 1. The quantitative estimate of drug-likeness (QED) is 0.121. The second kappa shape index (κ2) is 28.6. The van der Waals surface area contributed by atoms with Crippen LogP contribution in [0.1, 0.15) is 176 Å². The predicted octanol–water partition coefficient (Wildman–Crippen LogP) is 28.2. The van der Waals surface area contributed by atoms with Gasteiger partial charge in [0, 0.05) is 72.8 Å². The lowest BCUT2D eigenvalue weighted by Crippen LogP contribution is -2.61. The Labute approximate surface area is 700 Å². The van der Waals surface area contributed by atoms with Crippen molar-refractivity contribution in [2.45, 2.75) is 157 Å². The van der Waals surface area contributed by atoms with Crippen molar-refractivity contribution in [3.63, 3.8) is 0 Å². The molecule has 0 unspecified atom stereocenters. The van der Waals surface area contributed by atoms with Crippen molar-refractivity contribution in [1.29, 1.82) is 10.5 Å². The van der Waals surface area contributed by atoms with E-state index in [2.05, 4.69) is 363 Å². The standard InChI is InChI=1S/C110H103BN6/c1-105(2,3)78-43-51-96(89(63-78)71-31-23-19-24-32-71)116-100-58-73(87-67-86(47-40-75(87)69-113)115-98-53-45-80(107(7,8)9)65-91(98)92-66-81(108(10,11)12)46-54-99(92)115)41-48-93(100)111-94-49-42-74(88-55-70(68-112)39-50-95(88)114(84-35-27-21-28-36-84)85-37-29-22-30-38-85)59-101(94)117(97-52-44-79(106(4,5)6)64-90(97)72-33-25-20-26-34-72)103-61-77(60-102(116)104(103)111)76-56-82(109(13,14)15)62-83(57-76)110(16,17)18/h19-67H,1-18H3/i21D,27D,28D,35D,36D. The van der Waals surface area contributed by atoms with Crippen LogP contribution in [-0.2, 0) is 32.5 Å². The molecule has 0 amide bonds. The van der Waals surface area contributed by atoms with Crippen LogP contribution in [0.4, 0.5) is 51.2 Å². The minimum atomic E-state index is -0.500. The Hall–Kier alpha value is -12.7.